The molecule has 0 saturated carbocycles. The summed E-state index contributed by atoms with van der Waals surface area (Å²) in [6.07, 6.45) is 1.29. The fourth-order valence-electron chi connectivity index (χ4n) is 4.22. The number of hydrogen-bond acceptors (Lipinski definition) is 4. The van der Waals surface area contributed by atoms with Crippen LogP contribution in [0.15, 0.2) is 71.7 Å². The molecule has 0 saturated heterocycles. The molecule has 0 fully saturated rings. The third-order valence-electron chi connectivity index (χ3n) is 6.15. The van der Waals surface area contributed by atoms with Crippen LogP contribution in [-0.4, -0.2) is 27.5 Å². The highest BCUT2D eigenvalue weighted by Crippen LogP contribution is 2.46. The van der Waals surface area contributed by atoms with E-state index < -0.39 is 36.6 Å². The number of halogens is 3. The van der Waals surface area contributed by atoms with Crippen LogP contribution in [0.25, 0.3) is 0 Å². The van der Waals surface area contributed by atoms with Gasteiger partial charge in [0.2, 0.25) is 5.91 Å². The molecule has 5 nitrogen and oxygen atoms in total. The summed E-state index contributed by atoms with van der Waals surface area (Å²) in [6.45, 7) is 5.86. The van der Waals surface area contributed by atoms with E-state index in [1.54, 1.807) is 49.1 Å². The van der Waals surface area contributed by atoms with Gasteiger partial charge in [-0.15, -0.1) is 0 Å². The monoisotopic (exact) mass is 491 g/mol. The van der Waals surface area contributed by atoms with Gasteiger partial charge in [0, 0.05) is 6.54 Å². The maximum absolute atomic E-state index is 13.8. The van der Waals surface area contributed by atoms with Crippen molar-refractivity contribution in [1.29, 1.82) is 0 Å². The fraction of sp³-hybridized carbons (Fsp3) is 0.320. The molecule has 0 aromatic heterocycles. The van der Waals surface area contributed by atoms with E-state index >= 15 is 0 Å². The van der Waals surface area contributed by atoms with Crippen LogP contribution in [0.2, 0.25) is 0 Å². The summed E-state index contributed by atoms with van der Waals surface area (Å²) in [7, 11) is -4.33. The van der Waals surface area contributed by atoms with Crippen LogP contribution >= 0.6 is 0 Å². The molecular formula is C25H24F3NO4S. The molecule has 1 aliphatic heterocycles. The number of anilines is 1. The Hall–Kier alpha value is -3.07. The Bertz CT molecular complexity index is 1300. The smallest absolute Gasteiger partial charge is 0.416 e. The van der Waals surface area contributed by atoms with Gasteiger partial charge in [0.15, 0.2) is 9.84 Å². The topological polar surface area (TPSA) is 63.7 Å². The molecule has 0 spiro atoms. The van der Waals surface area contributed by atoms with Crippen LogP contribution in [0.3, 0.4) is 0 Å². The zero-order valence-corrected chi connectivity index (χ0v) is 19.7. The van der Waals surface area contributed by atoms with Crippen molar-refractivity contribution in [3.8, 4) is 5.75 Å². The fourth-order valence-corrected chi connectivity index (χ4v) is 6.10. The molecule has 34 heavy (non-hydrogen) atoms. The predicted octanol–water partition coefficient (Wildman–Crippen LogP) is 5.27. The maximum atomic E-state index is 13.8. The van der Waals surface area contributed by atoms with Crippen LogP contribution in [0.1, 0.15) is 31.9 Å². The number of rotatable bonds is 4. The third kappa shape index (κ3) is 3.72. The molecule has 0 radical (unpaired) electrons. The molecular weight excluding hydrogens is 467 g/mol. The summed E-state index contributed by atoms with van der Waals surface area (Å²) < 4.78 is 71.6. The molecule has 2 aromatic carbocycles. The molecule has 9 heteroatoms. The van der Waals surface area contributed by atoms with E-state index in [9.17, 15) is 26.4 Å². The number of nitrogens with zero attached hydrogens (tertiary/aromatic N) is 1. The van der Waals surface area contributed by atoms with E-state index in [2.05, 4.69) is 0 Å². The summed E-state index contributed by atoms with van der Waals surface area (Å²) in [4.78, 5) is 14.1. The van der Waals surface area contributed by atoms with Crippen molar-refractivity contribution in [2.24, 2.45) is 5.41 Å². The molecule has 0 N–H and O–H groups in total. The van der Waals surface area contributed by atoms with Gasteiger partial charge < -0.3 is 9.64 Å². The van der Waals surface area contributed by atoms with Gasteiger partial charge in [-0.25, -0.2) is 8.42 Å². The van der Waals surface area contributed by atoms with Crippen LogP contribution in [0.5, 0.6) is 5.75 Å². The SMILES string of the molecule is CCN1C(=O)C(C)(C)COc2cc(C3(S(=O)(=O)c4cccc(C(F)(F)F)c4)C=CC=C3)ccc21. The molecule has 1 amide bonds. The van der Waals surface area contributed by atoms with E-state index in [1.165, 1.54) is 12.2 Å². The van der Waals surface area contributed by atoms with E-state index in [0.717, 1.165) is 18.2 Å². The van der Waals surface area contributed by atoms with E-state index in [4.69, 9.17) is 4.74 Å². The summed E-state index contributed by atoms with van der Waals surface area (Å²) in [5.74, 6) is 0.221. The molecule has 0 atom stereocenters. The minimum atomic E-state index is -4.68. The molecule has 2 aliphatic rings. The molecule has 4 rings (SSSR count). The second-order valence-electron chi connectivity index (χ2n) is 8.94. The zero-order chi connectivity index (χ0) is 24.9. The van der Waals surface area contributed by atoms with Gasteiger partial charge in [-0.1, -0.05) is 36.4 Å². The minimum Gasteiger partial charge on any atom is -0.490 e. The summed E-state index contributed by atoms with van der Waals surface area (Å²) >= 11 is 0. The normalized spacial score (nSPS) is 19.0. The van der Waals surface area contributed by atoms with Gasteiger partial charge in [0.05, 0.1) is 21.6 Å². The number of hydrogen-bond donors (Lipinski definition) is 0. The summed E-state index contributed by atoms with van der Waals surface area (Å²) in [5, 5.41) is 0. The number of alkyl halides is 3. The van der Waals surface area contributed by atoms with Crippen LogP contribution in [-0.2, 0) is 25.6 Å². The molecule has 1 heterocycles. The van der Waals surface area contributed by atoms with Gasteiger partial charge in [-0.3, -0.25) is 4.79 Å². The zero-order valence-electron chi connectivity index (χ0n) is 18.9. The van der Waals surface area contributed by atoms with Crippen molar-refractivity contribution in [2.45, 2.75) is 36.6 Å². The molecule has 0 bridgehead atoms. The largest absolute Gasteiger partial charge is 0.490 e. The van der Waals surface area contributed by atoms with Gasteiger partial charge in [0.1, 0.15) is 17.1 Å². The van der Waals surface area contributed by atoms with E-state index in [-0.39, 0.29) is 12.5 Å². The first-order chi connectivity index (χ1) is 15.8. The van der Waals surface area contributed by atoms with Crippen molar-refractivity contribution in [3.63, 3.8) is 0 Å². The Morgan fingerprint density at radius 2 is 1.74 bits per heavy atom. The Morgan fingerprint density at radius 3 is 2.35 bits per heavy atom. The number of carbonyl (C=O) groups is 1. The number of fused-ring (bicyclic) bond motifs is 1. The number of ether oxygens (including phenoxy) is 1. The van der Waals surface area contributed by atoms with Crippen LogP contribution in [0.4, 0.5) is 18.9 Å². The molecule has 1 aliphatic carbocycles. The van der Waals surface area contributed by atoms with Gasteiger partial charge >= 0.3 is 6.18 Å². The van der Waals surface area contributed by atoms with Crippen LogP contribution in [0, 0.1) is 5.41 Å². The average Bonchev–Trinajstić information content (AvgIpc) is 3.27. The summed E-state index contributed by atoms with van der Waals surface area (Å²) in [6, 6.07) is 8.47. The second kappa shape index (κ2) is 8.01. The van der Waals surface area contributed by atoms with Crippen molar-refractivity contribution in [3.05, 3.63) is 77.9 Å². The first-order valence-electron chi connectivity index (χ1n) is 10.7. The number of benzene rings is 2. The van der Waals surface area contributed by atoms with Crippen molar-refractivity contribution < 1.29 is 31.1 Å². The lowest BCUT2D eigenvalue weighted by Crippen LogP contribution is -2.42. The Morgan fingerprint density at radius 1 is 1.06 bits per heavy atom. The third-order valence-corrected chi connectivity index (χ3v) is 8.42. The van der Waals surface area contributed by atoms with Crippen molar-refractivity contribution >= 4 is 21.4 Å². The molecule has 0 unspecified atom stereocenters. The lowest BCUT2D eigenvalue weighted by atomic mass is 9.93. The van der Waals surface area contributed by atoms with Crippen LogP contribution < -0.4 is 9.64 Å². The number of amides is 1. The lowest BCUT2D eigenvalue weighted by Gasteiger charge is -2.29. The number of allylic oxidation sites excluding steroid dienone is 2. The molecule has 180 valence electrons. The van der Waals surface area contributed by atoms with Gasteiger partial charge in [-0.2, -0.15) is 13.2 Å². The number of sulfone groups is 1. The Labute approximate surface area is 196 Å². The standard InChI is InChI=1S/C25H24F3NO4S/c1-4-29-20-11-10-17(15-21(20)33-16-23(2,3)22(29)30)24(12-5-6-13-24)34(31,32)19-9-7-8-18(14-19)25(26,27)28/h5-15H,4,16H2,1-3H3. The number of carbonyl (C=O) groups excluding carboxylic acids is 1. The maximum Gasteiger partial charge on any atom is 0.416 e. The highest BCUT2D eigenvalue weighted by atomic mass is 32.2. The van der Waals surface area contributed by atoms with Gasteiger partial charge in [0.25, 0.3) is 0 Å². The lowest BCUT2D eigenvalue weighted by molar-refractivity contribution is -0.137. The second-order valence-corrected chi connectivity index (χ2v) is 11.1. The van der Waals surface area contributed by atoms with Crippen molar-refractivity contribution in [2.75, 3.05) is 18.1 Å². The van der Waals surface area contributed by atoms with Gasteiger partial charge in [-0.05, 0) is 56.7 Å². The first-order valence-corrected chi connectivity index (χ1v) is 12.2. The van der Waals surface area contributed by atoms with E-state index in [1.807, 2.05) is 6.92 Å². The highest BCUT2D eigenvalue weighted by Gasteiger charge is 2.45. The quantitative estimate of drug-likeness (QED) is 0.585. The Balaban J connectivity index is 1.86. The highest BCUT2D eigenvalue weighted by molar-refractivity contribution is 7.92. The Kier molecular flexibility index (Phi) is 5.67. The first kappa shape index (κ1) is 24.1. The minimum absolute atomic E-state index is 0.0951. The van der Waals surface area contributed by atoms with E-state index in [0.29, 0.717) is 29.6 Å². The summed E-state index contributed by atoms with van der Waals surface area (Å²) in [5.41, 5.74) is -1.01. The molecule has 2 aromatic rings. The predicted molar refractivity (Wildman–Crippen MR) is 122 cm³/mol. The average molecular weight is 492 g/mol. The van der Waals surface area contributed by atoms with Crippen molar-refractivity contribution in [1.82, 2.24) is 0 Å².